The lowest BCUT2D eigenvalue weighted by atomic mass is 10.0. The number of carbonyl (C=O) groups is 15. The van der Waals surface area contributed by atoms with Crippen LogP contribution in [0.2, 0.25) is 0 Å². The first-order chi connectivity index (χ1) is 48.2. The van der Waals surface area contributed by atoms with E-state index in [0.29, 0.717) is 16.7 Å². The largest absolute Gasteiger partial charge is 0.508 e. The van der Waals surface area contributed by atoms with Crippen molar-refractivity contribution in [3.63, 3.8) is 0 Å². The van der Waals surface area contributed by atoms with Gasteiger partial charge in [-0.2, -0.15) is 0 Å². The minimum atomic E-state index is -2.07. The first kappa shape index (κ1) is 82.9. The number of nitrogens with two attached hydrogens (primary N) is 3. The third-order valence-electron chi connectivity index (χ3n) is 15.7. The van der Waals surface area contributed by atoms with Gasteiger partial charge in [0.1, 0.15) is 78.0 Å². The van der Waals surface area contributed by atoms with Crippen LogP contribution in [0.1, 0.15) is 89.3 Å². The average Bonchev–Trinajstić information content (AvgIpc) is 1.39. The van der Waals surface area contributed by atoms with Crippen molar-refractivity contribution in [2.45, 2.75) is 158 Å². The highest BCUT2D eigenvalue weighted by Gasteiger charge is 2.40. The molecule has 0 aromatic heterocycles. The van der Waals surface area contributed by atoms with E-state index in [1.807, 2.05) is 13.8 Å². The van der Waals surface area contributed by atoms with E-state index in [1.54, 1.807) is 18.2 Å². The number of amides is 14. The van der Waals surface area contributed by atoms with Gasteiger partial charge in [0.15, 0.2) is 5.96 Å². The summed E-state index contributed by atoms with van der Waals surface area (Å²) in [5, 5.41) is 86.1. The number of carbonyl (C=O) groups excluding carboxylic acids is 14. The van der Waals surface area contributed by atoms with Gasteiger partial charge in [-0.25, -0.2) is 0 Å². The minimum Gasteiger partial charge on any atom is -0.508 e. The molecule has 37 nitrogen and oxygen atoms in total. The van der Waals surface area contributed by atoms with E-state index in [2.05, 4.69) is 63.8 Å². The maximum atomic E-state index is 14.4. The second-order valence-electron chi connectivity index (χ2n) is 24.5. The Hall–Kier alpha value is -11.5. The topological polar surface area (TPSA) is 607 Å². The zero-order valence-corrected chi connectivity index (χ0v) is 56.6. The minimum absolute atomic E-state index is 0.00277. The van der Waals surface area contributed by atoms with E-state index in [1.165, 1.54) is 74.5 Å². The van der Waals surface area contributed by atoms with Crippen LogP contribution in [0.4, 0.5) is 0 Å². The predicted octanol–water partition coefficient (Wildman–Crippen LogP) is -6.75. The number of phenolic OH excluding ortho intramolecular Hbond substituents is 2. The molecular weight excluding hydrogens is 1340 g/mol. The van der Waals surface area contributed by atoms with Crippen molar-refractivity contribution in [3.8, 4) is 11.5 Å². The van der Waals surface area contributed by atoms with E-state index >= 15 is 0 Å². The average molecular weight is 1430 g/mol. The van der Waals surface area contributed by atoms with Crippen molar-refractivity contribution in [2.75, 3.05) is 32.8 Å². The van der Waals surface area contributed by atoms with Gasteiger partial charge in [-0.1, -0.05) is 68.4 Å². The number of hydrogen-bond acceptors (Lipinski definition) is 20. The van der Waals surface area contributed by atoms with Crippen LogP contribution in [0.25, 0.3) is 0 Å². The van der Waals surface area contributed by atoms with Gasteiger partial charge >= 0.3 is 5.97 Å². The SMILES string of the molecule is CC(=O)N[C@@H](CC(C)C)C(=O)N[C@@H](Cc1ccc(O)cc1)C(=O)N[C@@H](CCCNC(=N)N)C(=O)N[C@@H](C)C(=O)N[C@@H](CC(N)=O)C(=O)N[C@@H](Cc1ccccc1)C(=O)N[C@@H](CC(=O)O)C(=O)N[C@@H](CO)C(=O)N1CCC[C@H]1C(=O)NCC(=O)N[C@@H](Cc1ccc(O)cc1)C(=O)N[C@@H](CO)C(N)=O. The summed E-state index contributed by atoms with van der Waals surface area (Å²) >= 11 is 0. The van der Waals surface area contributed by atoms with Gasteiger partial charge in [0.2, 0.25) is 82.7 Å². The summed E-state index contributed by atoms with van der Waals surface area (Å²) in [7, 11) is 0. The molecule has 24 N–H and O–H groups in total. The van der Waals surface area contributed by atoms with Crippen molar-refractivity contribution in [1.29, 1.82) is 5.41 Å². The van der Waals surface area contributed by atoms with Crippen LogP contribution in [0, 0.1) is 11.3 Å². The molecule has 4 rings (SSSR count). The predicted molar refractivity (Wildman–Crippen MR) is 360 cm³/mol. The molecule has 0 saturated carbocycles. The highest BCUT2D eigenvalue weighted by atomic mass is 16.4. The fourth-order valence-corrected chi connectivity index (χ4v) is 10.5. The molecule has 0 bridgehead atoms. The number of guanidine groups is 1. The fourth-order valence-electron chi connectivity index (χ4n) is 10.5. The molecule has 556 valence electrons. The summed E-state index contributed by atoms with van der Waals surface area (Å²) in [6.45, 7) is 3.09. The second kappa shape index (κ2) is 41.2. The number of benzene rings is 3. The summed E-state index contributed by atoms with van der Waals surface area (Å²) in [5.41, 5.74) is 17.5. The third kappa shape index (κ3) is 28.4. The monoisotopic (exact) mass is 1430 g/mol. The molecule has 0 unspecified atom stereocenters. The molecule has 11 atom stereocenters. The number of carboxylic acid groups (broad SMARTS) is 1. The van der Waals surface area contributed by atoms with Crippen LogP contribution in [-0.4, -0.2) is 224 Å². The summed E-state index contributed by atoms with van der Waals surface area (Å²) < 4.78 is 0. The summed E-state index contributed by atoms with van der Waals surface area (Å²) in [6, 6.07) is 1.47. The van der Waals surface area contributed by atoms with Gasteiger partial charge in [-0.15, -0.1) is 0 Å². The van der Waals surface area contributed by atoms with Gasteiger partial charge in [0.05, 0.1) is 32.6 Å². The molecule has 0 aliphatic carbocycles. The molecule has 1 aliphatic heterocycles. The molecule has 1 saturated heterocycles. The molecule has 1 heterocycles. The van der Waals surface area contributed by atoms with Gasteiger partial charge in [-0.05, 0) is 85.9 Å². The van der Waals surface area contributed by atoms with E-state index in [9.17, 15) is 97.5 Å². The first-order valence-corrected chi connectivity index (χ1v) is 32.4. The van der Waals surface area contributed by atoms with Crippen molar-refractivity contribution < 1.29 is 97.5 Å². The zero-order valence-electron chi connectivity index (χ0n) is 56.6. The number of aliphatic carboxylic acids is 1. The van der Waals surface area contributed by atoms with Gasteiger partial charge in [-0.3, -0.25) is 77.3 Å². The molecule has 1 aliphatic rings. The van der Waals surface area contributed by atoms with E-state index in [-0.39, 0.29) is 75.5 Å². The summed E-state index contributed by atoms with van der Waals surface area (Å²) in [5.74, 6) is -16.6. The second-order valence-corrected chi connectivity index (χ2v) is 24.5. The summed E-state index contributed by atoms with van der Waals surface area (Å²) in [4.78, 5) is 203. The fraction of sp³-hybridized carbons (Fsp3) is 0.477. The number of primary amides is 2. The molecule has 1 fully saturated rings. The molecule has 0 spiro atoms. The lowest BCUT2D eigenvalue weighted by Gasteiger charge is -2.29. The Balaban J connectivity index is 1.51. The number of aliphatic hydroxyl groups excluding tert-OH is 2. The zero-order chi connectivity index (χ0) is 75.9. The third-order valence-corrected chi connectivity index (χ3v) is 15.7. The van der Waals surface area contributed by atoms with Crippen molar-refractivity contribution in [2.24, 2.45) is 23.1 Å². The number of hydrogen-bond donors (Lipinski definition) is 21. The number of carboxylic acids is 1. The highest BCUT2D eigenvalue weighted by Crippen LogP contribution is 2.20. The Morgan fingerprint density at radius 1 is 0.520 bits per heavy atom. The van der Waals surface area contributed by atoms with Gasteiger partial charge in [0.25, 0.3) is 0 Å². The molecular formula is C65H91N17O20. The number of nitrogens with zero attached hydrogens (tertiary/aromatic N) is 1. The van der Waals surface area contributed by atoms with E-state index in [0.717, 1.165) is 4.90 Å². The smallest absolute Gasteiger partial charge is 0.305 e. The number of nitrogens with one attached hydrogen (secondary N) is 13. The molecule has 0 radical (unpaired) electrons. The number of likely N-dealkylation sites (tertiary alicyclic amines) is 1. The number of phenols is 2. The van der Waals surface area contributed by atoms with E-state index in [4.69, 9.17) is 22.6 Å². The van der Waals surface area contributed by atoms with Crippen LogP contribution in [0.15, 0.2) is 78.9 Å². The lowest BCUT2D eigenvalue weighted by molar-refractivity contribution is -0.144. The Morgan fingerprint density at radius 3 is 1.44 bits per heavy atom. The molecule has 37 heteroatoms. The normalized spacial score (nSPS) is 15.4. The van der Waals surface area contributed by atoms with Crippen LogP contribution in [-0.2, 0) is 91.2 Å². The van der Waals surface area contributed by atoms with Crippen LogP contribution < -0.4 is 81.0 Å². The molecule has 3 aromatic carbocycles. The number of aromatic hydroxyl groups is 2. The van der Waals surface area contributed by atoms with Crippen LogP contribution >= 0.6 is 0 Å². The molecule has 14 amide bonds. The van der Waals surface area contributed by atoms with Gasteiger partial charge in [0, 0.05) is 39.3 Å². The van der Waals surface area contributed by atoms with Crippen LogP contribution in [0.5, 0.6) is 11.5 Å². The van der Waals surface area contributed by atoms with Gasteiger partial charge < -0.3 is 111 Å². The molecule has 3 aromatic rings. The Bertz CT molecular complexity index is 3470. The molecule has 102 heavy (non-hydrogen) atoms. The Morgan fingerprint density at radius 2 is 0.961 bits per heavy atom. The van der Waals surface area contributed by atoms with Crippen molar-refractivity contribution >= 4 is 94.6 Å². The van der Waals surface area contributed by atoms with E-state index < -0.39 is 200 Å². The standard InChI is InChI=1S/C65H91N17O20/c1-33(2)24-42(73-35(4)85)57(95)77-45(27-38-16-20-40(87)21-17-38)59(97)75-41(12-8-22-70-65(68)69)56(94)72-34(3)55(93)76-46(28-51(66)88)61(99)78-44(25-36-10-6-5-7-11-36)60(98)79-47(29-53(90)91)62(100)81-49(32-84)64(102)82-23-9-13-50(82)63(101)71-30-52(89)74-43(26-37-14-18-39(86)19-15-37)58(96)80-48(31-83)54(67)92/h5-7,10-11,14-21,33-34,41-50,83-84,86-87H,8-9,12-13,22-32H2,1-4H3,(H2,66,88)(H2,67,92)(H,71,101)(H,72,94)(H,73,85)(H,74,89)(H,75,97)(H,76,93)(H,77,95)(H,78,99)(H,79,98)(H,80,96)(H,81,100)(H,90,91)(H4,68,69,70)/t34-,41-,42-,43-,44-,45-,46-,47-,48-,49-,50-/m0/s1. The Kier molecular flexibility index (Phi) is 33.5. The Labute approximate surface area is 585 Å². The maximum Gasteiger partial charge on any atom is 0.305 e. The first-order valence-electron chi connectivity index (χ1n) is 32.4. The van der Waals surface area contributed by atoms with Crippen molar-refractivity contribution in [1.82, 2.24) is 68.7 Å². The summed E-state index contributed by atoms with van der Waals surface area (Å²) in [6.07, 6.45) is -2.63. The highest BCUT2D eigenvalue weighted by molar-refractivity contribution is 6.01. The lowest BCUT2D eigenvalue weighted by Crippen LogP contribution is -2.61. The maximum absolute atomic E-state index is 14.4. The number of rotatable bonds is 41. The number of aliphatic hydroxyl groups is 2. The van der Waals surface area contributed by atoms with Crippen LogP contribution in [0.3, 0.4) is 0 Å². The quantitative estimate of drug-likeness (QED) is 0.0143. The van der Waals surface area contributed by atoms with Crippen molar-refractivity contribution in [3.05, 3.63) is 95.6 Å².